The van der Waals surface area contributed by atoms with Crippen molar-refractivity contribution in [1.29, 1.82) is 0 Å². The molecule has 0 aliphatic carbocycles. The molecule has 3 aromatic rings. The number of halogens is 1. The lowest BCUT2D eigenvalue weighted by Crippen LogP contribution is -2.27. The molecule has 0 radical (unpaired) electrons. The fraction of sp³-hybridized carbons (Fsp3) is 0.182. The average Bonchev–Trinajstić information content (AvgIpc) is 2.72. The first-order valence-electron chi connectivity index (χ1n) is 9.11. The number of nitrogens with one attached hydrogen (secondary N) is 2. The van der Waals surface area contributed by atoms with Gasteiger partial charge >= 0.3 is 0 Å². The third kappa shape index (κ3) is 5.44. The first kappa shape index (κ1) is 20.1. The number of rotatable bonds is 6. The second-order valence-electron chi connectivity index (χ2n) is 6.73. The average molecular weight is 392 g/mol. The molecular weight excluding hydrogens is 371 g/mol. The Morgan fingerprint density at radius 3 is 2.07 bits per heavy atom. The van der Waals surface area contributed by atoms with Crippen LogP contribution in [0.2, 0.25) is 0 Å². The van der Waals surface area contributed by atoms with Gasteiger partial charge in [0.1, 0.15) is 23.5 Å². The Morgan fingerprint density at radius 1 is 0.862 bits per heavy atom. The highest BCUT2D eigenvalue weighted by Gasteiger charge is 2.13. The van der Waals surface area contributed by atoms with Gasteiger partial charge < -0.3 is 10.6 Å². The molecule has 2 amide bonds. The molecule has 6 nitrogen and oxygen atoms in total. The van der Waals surface area contributed by atoms with Crippen molar-refractivity contribution in [2.75, 3.05) is 0 Å². The van der Waals surface area contributed by atoms with Crippen molar-refractivity contribution in [2.24, 2.45) is 0 Å². The molecule has 0 fully saturated rings. The Labute approximate surface area is 168 Å². The van der Waals surface area contributed by atoms with Gasteiger partial charge in [0.2, 0.25) is 0 Å². The Bertz CT molecular complexity index is 1050. The van der Waals surface area contributed by atoms with E-state index in [1.807, 2.05) is 31.2 Å². The van der Waals surface area contributed by atoms with Crippen LogP contribution < -0.4 is 10.6 Å². The second kappa shape index (κ2) is 9.05. The van der Waals surface area contributed by atoms with Gasteiger partial charge in [-0.05, 0) is 36.6 Å². The molecule has 0 saturated carbocycles. The number of hydrogen-bond acceptors (Lipinski definition) is 4. The Kier molecular flexibility index (Phi) is 6.29. The number of carbonyl (C=O) groups excluding carboxylic acids is 2. The quantitative estimate of drug-likeness (QED) is 0.675. The molecule has 0 aliphatic rings. The molecule has 148 valence electrons. The fourth-order valence-electron chi connectivity index (χ4n) is 2.79. The van der Waals surface area contributed by atoms with Crippen molar-refractivity contribution in [3.8, 4) is 0 Å². The summed E-state index contributed by atoms with van der Waals surface area (Å²) in [5, 5.41) is 5.49. The van der Waals surface area contributed by atoms with Crippen molar-refractivity contribution < 1.29 is 14.0 Å². The molecule has 1 aromatic heterocycles. The molecule has 0 unspecified atom stereocenters. The van der Waals surface area contributed by atoms with Crippen molar-refractivity contribution >= 4 is 11.8 Å². The van der Waals surface area contributed by atoms with E-state index in [0.717, 1.165) is 16.7 Å². The van der Waals surface area contributed by atoms with Gasteiger partial charge in [-0.2, -0.15) is 0 Å². The summed E-state index contributed by atoms with van der Waals surface area (Å²) in [6, 6.07) is 13.8. The minimum Gasteiger partial charge on any atom is -0.347 e. The highest BCUT2D eigenvalue weighted by Crippen LogP contribution is 2.09. The Morgan fingerprint density at radius 2 is 1.48 bits per heavy atom. The van der Waals surface area contributed by atoms with Crippen LogP contribution in [-0.2, 0) is 13.1 Å². The molecule has 3 rings (SSSR count). The van der Waals surface area contributed by atoms with Crippen molar-refractivity contribution in [2.45, 2.75) is 26.9 Å². The minimum absolute atomic E-state index is 0.0829. The number of amides is 2. The van der Waals surface area contributed by atoms with E-state index < -0.39 is 11.8 Å². The molecule has 29 heavy (non-hydrogen) atoms. The maximum atomic E-state index is 13.3. The SMILES string of the molecule is Cc1cccc(CNC(=O)c2cc(C(=O)NCc3ccc(F)c(C)c3)ncn2)c1. The van der Waals surface area contributed by atoms with Crippen LogP contribution in [0.25, 0.3) is 0 Å². The summed E-state index contributed by atoms with van der Waals surface area (Å²) in [6.07, 6.45) is 1.18. The van der Waals surface area contributed by atoms with E-state index in [-0.39, 0.29) is 23.7 Å². The lowest BCUT2D eigenvalue weighted by Gasteiger charge is -2.08. The number of aromatic nitrogens is 2. The van der Waals surface area contributed by atoms with E-state index in [9.17, 15) is 14.0 Å². The fourth-order valence-corrected chi connectivity index (χ4v) is 2.79. The summed E-state index contributed by atoms with van der Waals surface area (Å²) in [7, 11) is 0. The molecule has 2 N–H and O–H groups in total. The van der Waals surface area contributed by atoms with E-state index in [1.54, 1.807) is 19.1 Å². The standard InChI is InChI=1S/C22H21FN4O2/c1-14-4-3-5-16(8-14)11-24-21(28)19-10-20(27-13-26-19)22(29)25-12-17-6-7-18(23)15(2)9-17/h3-10,13H,11-12H2,1-2H3,(H,24,28)(H,25,29). The lowest BCUT2D eigenvalue weighted by molar-refractivity contribution is 0.0944. The summed E-state index contributed by atoms with van der Waals surface area (Å²) >= 11 is 0. The van der Waals surface area contributed by atoms with Crippen molar-refractivity contribution in [1.82, 2.24) is 20.6 Å². The summed E-state index contributed by atoms with van der Waals surface area (Å²) in [5.41, 5.74) is 3.54. The van der Waals surface area contributed by atoms with Crippen LogP contribution >= 0.6 is 0 Å². The molecule has 0 bridgehead atoms. The number of benzene rings is 2. The molecule has 0 atom stereocenters. The zero-order valence-corrected chi connectivity index (χ0v) is 16.2. The maximum Gasteiger partial charge on any atom is 0.270 e. The van der Waals surface area contributed by atoms with E-state index in [4.69, 9.17) is 0 Å². The summed E-state index contributed by atoms with van der Waals surface area (Å²) in [5.74, 6) is -1.13. The van der Waals surface area contributed by atoms with E-state index in [1.165, 1.54) is 18.5 Å². The van der Waals surface area contributed by atoms with Crippen LogP contribution in [0.1, 0.15) is 43.2 Å². The zero-order valence-electron chi connectivity index (χ0n) is 16.2. The Balaban J connectivity index is 1.61. The third-order valence-corrected chi connectivity index (χ3v) is 4.34. The lowest BCUT2D eigenvalue weighted by atomic mass is 10.1. The van der Waals surface area contributed by atoms with Gasteiger partial charge in [0.05, 0.1) is 0 Å². The smallest absolute Gasteiger partial charge is 0.270 e. The van der Waals surface area contributed by atoms with Gasteiger partial charge in [0.15, 0.2) is 0 Å². The monoisotopic (exact) mass is 392 g/mol. The van der Waals surface area contributed by atoms with Crippen molar-refractivity contribution in [3.63, 3.8) is 0 Å². The molecule has 0 aliphatic heterocycles. The normalized spacial score (nSPS) is 10.4. The second-order valence-corrected chi connectivity index (χ2v) is 6.73. The maximum absolute atomic E-state index is 13.3. The highest BCUT2D eigenvalue weighted by atomic mass is 19.1. The third-order valence-electron chi connectivity index (χ3n) is 4.34. The van der Waals surface area contributed by atoms with E-state index >= 15 is 0 Å². The largest absolute Gasteiger partial charge is 0.347 e. The number of aryl methyl sites for hydroxylation is 2. The molecule has 7 heteroatoms. The predicted octanol–water partition coefficient (Wildman–Crippen LogP) is 3.09. The Hall–Kier alpha value is -3.61. The number of hydrogen-bond donors (Lipinski definition) is 2. The molecular formula is C22H21FN4O2. The van der Waals surface area contributed by atoms with Crippen molar-refractivity contribution in [3.05, 3.63) is 94.3 Å². The molecule has 0 saturated heterocycles. The van der Waals surface area contributed by atoms with Crippen LogP contribution in [0.5, 0.6) is 0 Å². The van der Waals surface area contributed by atoms with Crippen LogP contribution in [0.3, 0.4) is 0 Å². The molecule has 2 aromatic carbocycles. The first-order valence-corrected chi connectivity index (χ1v) is 9.11. The van der Waals surface area contributed by atoms with E-state index in [0.29, 0.717) is 12.1 Å². The predicted molar refractivity (Wildman–Crippen MR) is 107 cm³/mol. The summed E-state index contributed by atoms with van der Waals surface area (Å²) in [4.78, 5) is 32.6. The number of nitrogens with zero attached hydrogens (tertiary/aromatic N) is 2. The van der Waals surface area contributed by atoms with Gasteiger partial charge in [0.25, 0.3) is 11.8 Å². The van der Waals surface area contributed by atoms with Gasteiger partial charge in [-0.15, -0.1) is 0 Å². The number of carbonyl (C=O) groups is 2. The van der Waals surface area contributed by atoms with Gasteiger partial charge in [-0.25, -0.2) is 14.4 Å². The van der Waals surface area contributed by atoms with Gasteiger partial charge in [-0.3, -0.25) is 9.59 Å². The zero-order chi connectivity index (χ0) is 20.8. The minimum atomic E-state index is -0.442. The van der Waals surface area contributed by atoms with E-state index in [2.05, 4.69) is 20.6 Å². The van der Waals surface area contributed by atoms with Gasteiger partial charge in [0, 0.05) is 19.2 Å². The summed E-state index contributed by atoms with van der Waals surface area (Å²) in [6.45, 7) is 4.22. The molecule has 1 heterocycles. The molecule has 0 spiro atoms. The van der Waals surface area contributed by atoms with Gasteiger partial charge in [-0.1, -0.05) is 42.0 Å². The van der Waals surface area contributed by atoms with Crippen LogP contribution in [0.15, 0.2) is 54.9 Å². The highest BCUT2D eigenvalue weighted by molar-refractivity contribution is 5.97. The van der Waals surface area contributed by atoms with Crippen LogP contribution in [-0.4, -0.2) is 21.8 Å². The topological polar surface area (TPSA) is 84.0 Å². The van der Waals surface area contributed by atoms with Crippen LogP contribution in [0.4, 0.5) is 4.39 Å². The summed E-state index contributed by atoms with van der Waals surface area (Å²) < 4.78 is 13.3. The van der Waals surface area contributed by atoms with Crippen LogP contribution in [0, 0.1) is 19.7 Å². The first-order chi connectivity index (χ1) is 13.9.